The highest BCUT2D eigenvalue weighted by Crippen LogP contribution is 2.28. The smallest absolute Gasteiger partial charge is 0.293 e. The summed E-state index contributed by atoms with van der Waals surface area (Å²) in [6.45, 7) is 0. The van der Waals surface area contributed by atoms with Crippen LogP contribution in [0.3, 0.4) is 0 Å². The SMILES string of the molecule is Nc1ccc(-c2noc(-c3cc4ccccc4o3)n2)cc1. The third-order valence-electron chi connectivity index (χ3n) is 3.23. The van der Waals surface area contributed by atoms with Gasteiger partial charge >= 0.3 is 0 Å². The van der Waals surface area contributed by atoms with Gasteiger partial charge in [0.2, 0.25) is 5.82 Å². The van der Waals surface area contributed by atoms with Gasteiger partial charge in [0.1, 0.15) is 5.58 Å². The maximum absolute atomic E-state index is 5.71. The molecule has 0 saturated heterocycles. The van der Waals surface area contributed by atoms with Crippen molar-refractivity contribution in [2.45, 2.75) is 0 Å². The van der Waals surface area contributed by atoms with Crippen molar-refractivity contribution in [1.82, 2.24) is 10.1 Å². The quantitative estimate of drug-likeness (QED) is 0.565. The van der Waals surface area contributed by atoms with E-state index >= 15 is 0 Å². The minimum atomic E-state index is 0.359. The van der Waals surface area contributed by atoms with Crippen LogP contribution < -0.4 is 5.73 Å². The highest BCUT2D eigenvalue weighted by molar-refractivity contribution is 5.81. The molecular formula is C16H11N3O2. The van der Waals surface area contributed by atoms with E-state index in [2.05, 4.69) is 10.1 Å². The number of benzene rings is 2. The van der Waals surface area contributed by atoms with Crippen LogP contribution in [-0.4, -0.2) is 10.1 Å². The van der Waals surface area contributed by atoms with Crippen molar-refractivity contribution in [3.63, 3.8) is 0 Å². The molecule has 0 aliphatic rings. The summed E-state index contributed by atoms with van der Waals surface area (Å²) in [7, 11) is 0. The van der Waals surface area contributed by atoms with Crippen molar-refractivity contribution in [3.8, 4) is 23.0 Å². The average Bonchev–Trinajstić information content (AvgIpc) is 3.14. The molecular weight excluding hydrogens is 266 g/mol. The van der Waals surface area contributed by atoms with Crippen LogP contribution in [0.4, 0.5) is 5.69 Å². The molecule has 0 radical (unpaired) electrons. The first-order chi connectivity index (χ1) is 10.3. The van der Waals surface area contributed by atoms with Crippen LogP contribution in [0.1, 0.15) is 0 Å². The Morgan fingerprint density at radius 2 is 1.76 bits per heavy atom. The van der Waals surface area contributed by atoms with Gasteiger partial charge in [-0.1, -0.05) is 23.4 Å². The fourth-order valence-electron chi connectivity index (χ4n) is 2.16. The first kappa shape index (κ1) is 11.7. The van der Waals surface area contributed by atoms with Crippen LogP contribution in [-0.2, 0) is 0 Å². The van der Waals surface area contributed by atoms with Crippen LogP contribution in [0.2, 0.25) is 0 Å². The highest BCUT2D eigenvalue weighted by atomic mass is 16.5. The van der Waals surface area contributed by atoms with Gasteiger partial charge in [0.15, 0.2) is 5.76 Å². The fraction of sp³-hybridized carbons (Fsp3) is 0. The molecule has 21 heavy (non-hydrogen) atoms. The molecule has 2 N–H and O–H groups in total. The predicted molar refractivity (Wildman–Crippen MR) is 79.4 cm³/mol. The molecule has 0 unspecified atom stereocenters. The normalized spacial score (nSPS) is 11.0. The fourth-order valence-corrected chi connectivity index (χ4v) is 2.16. The first-order valence-corrected chi connectivity index (χ1v) is 6.48. The summed E-state index contributed by atoms with van der Waals surface area (Å²) in [5, 5.41) is 4.98. The van der Waals surface area contributed by atoms with E-state index in [4.69, 9.17) is 14.7 Å². The maximum Gasteiger partial charge on any atom is 0.293 e. The lowest BCUT2D eigenvalue weighted by Gasteiger charge is -1.94. The number of nitrogens with two attached hydrogens (primary N) is 1. The topological polar surface area (TPSA) is 78.1 Å². The van der Waals surface area contributed by atoms with Gasteiger partial charge in [-0.2, -0.15) is 4.98 Å². The molecule has 0 aliphatic carbocycles. The third-order valence-corrected chi connectivity index (χ3v) is 3.23. The molecule has 0 bridgehead atoms. The lowest BCUT2D eigenvalue weighted by molar-refractivity contribution is 0.420. The molecule has 0 aliphatic heterocycles. The molecule has 0 atom stereocenters. The summed E-state index contributed by atoms with van der Waals surface area (Å²) in [5.41, 5.74) is 7.99. The maximum atomic E-state index is 5.71. The van der Waals surface area contributed by atoms with Gasteiger partial charge in [0.05, 0.1) is 0 Å². The second kappa shape index (κ2) is 4.49. The van der Waals surface area contributed by atoms with E-state index in [1.807, 2.05) is 42.5 Å². The number of hydrogen-bond donors (Lipinski definition) is 1. The van der Waals surface area contributed by atoms with Crippen LogP contribution in [0, 0.1) is 0 Å². The summed E-state index contributed by atoms with van der Waals surface area (Å²) < 4.78 is 11.0. The first-order valence-electron chi connectivity index (χ1n) is 6.48. The zero-order valence-electron chi connectivity index (χ0n) is 11.0. The van der Waals surface area contributed by atoms with Crippen molar-refractivity contribution in [2.75, 3.05) is 5.73 Å². The summed E-state index contributed by atoms with van der Waals surface area (Å²) in [4.78, 5) is 4.36. The van der Waals surface area contributed by atoms with Crippen molar-refractivity contribution in [3.05, 3.63) is 54.6 Å². The zero-order valence-corrected chi connectivity index (χ0v) is 11.0. The number of anilines is 1. The summed E-state index contributed by atoms with van der Waals surface area (Å²) in [5.74, 6) is 1.42. The van der Waals surface area contributed by atoms with E-state index in [1.54, 1.807) is 12.1 Å². The number of nitrogen functional groups attached to an aromatic ring is 1. The van der Waals surface area contributed by atoms with Gasteiger partial charge in [0.25, 0.3) is 5.89 Å². The Balaban J connectivity index is 1.75. The molecule has 0 amide bonds. The number of rotatable bonds is 2. The molecule has 4 aromatic rings. The summed E-state index contributed by atoms with van der Waals surface area (Å²) >= 11 is 0. The van der Waals surface area contributed by atoms with Crippen LogP contribution in [0.5, 0.6) is 0 Å². The van der Waals surface area contributed by atoms with Gasteiger partial charge < -0.3 is 14.7 Å². The highest BCUT2D eigenvalue weighted by Gasteiger charge is 2.14. The lowest BCUT2D eigenvalue weighted by atomic mass is 10.2. The molecule has 0 saturated carbocycles. The van der Waals surface area contributed by atoms with Crippen molar-refractivity contribution >= 4 is 16.7 Å². The third kappa shape index (κ3) is 2.04. The molecule has 0 spiro atoms. The molecule has 2 aromatic carbocycles. The largest absolute Gasteiger partial charge is 0.451 e. The second-order valence-corrected chi connectivity index (χ2v) is 4.69. The van der Waals surface area contributed by atoms with E-state index in [-0.39, 0.29) is 0 Å². The molecule has 2 heterocycles. The second-order valence-electron chi connectivity index (χ2n) is 4.69. The van der Waals surface area contributed by atoms with E-state index in [1.165, 1.54) is 0 Å². The minimum Gasteiger partial charge on any atom is -0.451 e. The molecule has 2 aromatic heterocycles. The average molecular weight is 277 g/mol. The van der Waals surface area contributed by atoms with Crippen LogP contribution >= 0.6 is 0 Å². The minimum absolute atomic E-state index is 0.359. The Kier molecular flexibility index (Phi) is 2.50. The van der Waals surface area contributed by atoms with Gasteiger partial charge in [-0.25, -0.2) is 0 Å². The molecule has 102 valence electrons. The molecule has 5 nitrogen and oxygen atoms in total. The predicted octanol–water partition coefficient (Wildman–Crippen LogP) is 3.73. The van der Waals surface area contributed by atoms with Crippen LogP contribution in [0.25, 0.3) is 34.0 Å². The number of hydrogen-bond acceptors (Lipinski definition) is 5. The Bertz CT molecular complexity index is 874. The van der Waals surface area contributed by atoms with Crippen molar-refractivity contribution < 1.29 is 8.94 Å². The number of nitrogens with zero attached hydrogens (tertiary/aromatic N) is 2. The van der Waals surface area contributed by atoms with Crippen molar-refractivity contribution in [2.24, 2.45) is 0 Å². The number of aromatic nitrogens is 2. The molecule has 4 rings (SSSR count). The van der Waals surface area contributed by atoms with Gasteiger partial charge in [-0.3, -0.25) is 0 Å². The number of furan rings is 1. The Labute approximate surface area is 120 Å². The van der Waals surface area contributed by atoms with E-state index in [0.29, 0.717) is 23.2 Å². The standard InChI is InChI=1S/C16H11N3O2/c17-12-7-5-10(6-8-12)15-18-16(21-19-15)14-9-11-3-1-2-4-13(11)20-14/h1-9H,17H2. The molecule has 5 heteroatoms. The summed E-state index contributed by atoms with van der Waals surface area (Å²) in [6.07, 6.45) is 0. The van der Waals surface area contributed by atoms with Crippen LogP contribution in [0.15, 0.2) is 63.5 Å². The summed E-state index contributed by atoms with van der Waals surface area (Å²) in [6, 6.07) is 16.9. The Morgan fingerprint density at radius 1 is 0.952 bits per heavy atom. The van der Waals surface area contributed by atoms with E-state index < -0.39 is 0 Å². The van der Waals surface area contributed by atoms with Gasteiger partial charge in [-0.15, -0.1) is 0 Å². The lowest BCUT2D eigenvalue weighted by Crippen LogP contribution is -1.85. The van der Waals surface area contributed by atoms with Gasteiger partial charge in [0, 0.05) is 16.6 Å². The zero-order chi connectivity index (χ0) is 14.2. The Morgan fingerprint density at radius 3 is 2.57 bits per heavy atom. The monoisotopic (exact) mass is 277 g/mol. The van der Waals surface area contributed by atoms with Gasteiger partial charge in [-0.05, 0) is 36.4 Å². The number of para-hydroxylation sites is 1. The van der Waals surface area contributed by atoms with Crippen molar-refractivity contribution in [1.29, 1.82) is 0 Å². The van der Waals surface area contributed by atoms with E-state index in [0.717, 1.165) is 16.5 Å². The number of fused-ring (bicyclic) bond motifs is 1. The Hall–Kier alpha value is -3.08. The molecule has 0 fully saturated rings. The van der Waals surface area contributed by atoms with E-state index in [9.17, 15) is 0 Å².